The largest absolute Gasteiger partial charge is 0.356 e. The second kappa shape index (κ2) is 6.70. The van der Waals surface area contributed by atoms with E-state index in [-0.39, 0.29) is 11.7 Å². The molecular formula is C17H18N2O2. The third-order valence-corrected chi connectivity index (χ3v) is 3.05. The third-order valence-electron chi connectivity index (χ3n) is 3.05. The fourth-order valence-electron chi connectivity index (χ4n) is 1.87. The molecule has 108 valence electrons. The van der Waals surface area contributed by atoms with E-state index in [1.165, 1.54) is 0 Å². The van der Waals surface area contributed by atoms with Crippen molar-refractivity contribution in [2.24, 2.45) is 0 Å². The van der Waals surface area contributed by atoms with Gasteiger partial charge in [-0.15, -0.1) is 0 Å². The molecule has 0 atom stereocenters. The molecule has 0 aliphatic carbocycles. The SMILES string of the molecule is CCC(=O)Nc1ccc(Nc2cccc(C(C)=O)c2)cc1. The lowest BCUT2D eigenvalue weighted by Gasteiger charge is -2.09. The highest BCUT2D eigenvalue weighted by molar-refractivity contribution is 5.95. The Balaban J connectivity index is 2.08. The normalized spacial score (nSPS) is 10.0. The summed E-state index contributed by atoms with van der Waals surface area (Å²) in [4.78, 5) is 22.7. The number of anilines is 3. The molecule has 0 saturated carbocycles. The zero-order valence-corrected chi connectivity index (χ0v) is 12.1. The van der Waals surface area contributed by atoms with Gasteiger partial charge in [-0.1, -0.05) is 19.1 Å². The molecule has 4 nitrogen and oxygen atoms in total. The second-order valence-corrected chi connectivity index (χ2v) is 4.74. The summed E-state index contributed by atoms with van der Waals surface area (Å²) in [5.41, 5.74) is 3.19. The number of carbonyl (C=O) groups is 2. The van der Waals surface area contributed by atoms with Crippen LogP contribution in [0.5, 0.6) is 0 Å². The molecule has 0 saturated heterocycles. The lowest BCUT2D eigenvalue weighted by atomic mass is 10.1. The van der Waals surface area contributed by atoms with Crippen LogP contribution in [0.15, 0.2) is 48.5 Å². The number of amides is 1. The van der Waals surface area contributed by atoms with Crippen LogP contribution >= 0.6 is 0 Å². The van der Waals surface area contributed by atoms with Crippen LogP contribution in [0.1, 0.15) is 30.6 Å². The lowest BCUT2D eigenvalue weighted by molar-refractivity contribution is -0.115. The molecule has 2 N–H and O–H groups in total. The van der Waals surface area contributed by atoms with Gasteiger partial charge in [-0.3, -0.25) is 9.59 Å². The minimum Gasteiger partial charge on any atom is -0.356 e. The maximum absolute atomic E-state index is 11.4. The fraction of sp³-hybridized carbons (Fsp3) is 0.176. The van der Waals surface area contributed by atoms with Crippen LogP contribution in [-0.4, -0.2) is 11.7 Å². The van der Waals surface area contributed by atoms with Crippen LogP contribution in [0.3, 0.4) is 0 Å². The first-order valence-corrected chi connectivity index (χ1v) is 6.86. The van der Waals surface area contributed by atoms with Gasteiger partial charge in [0.2, 0.25) is 5.91 Å². The first-order chi connectivity index (χ1) is 10.1. The van der Waals surface area contributed by atoms with Crippen molar-refractivity contribution < 1.29 is 9.59 Å². The molecule has 0 aliphatic rings. The highest BCUT2D eigenvalue weighted by atomic mass is 16.1. The molecule has 1 amide bonds. The molecule has 0 spiro atoms. The standard InChI is InChI=1S/C17H18N2O2/c1-3-17(21)19-15-9-7-14(8-10-15)18-16-6-4-5-13(11-16)12(2)20/h4-11,18H,3H2,1-2H3,(H,19,21). The van der Waals surface area contributed by atoms with Crippen LogP contribution in [0.2, 0.25) is 0 Å². The van der Waals surface area contributed by atoms with Gasteiger partial charge in [0.05, 0.1) is 0 Å². The number of ketones is 1. The van der Waals surface area contributed by atoms with E-state index in [0.29, 0.717) is 12.0 Å². The highest BCUT2D eigenvalue weighted by Gasteiger charge is 2.02. The number of benzene rings is 2. The van der Waals surface area contributed by atoms with Gasteiger partial charge in [-0.25, -0.2) is 0 Å². The fourth-order valence-corrected chi connectivity index (χ4v) is 1.87. The van der Waals surface area contributed by atoms with Gasteiger partial charge in [-0.2, -0.15) is 0 Å². The minimum atomic E-state index is -0.00938. The van der Waals surface area contributed by atoms with Crippen molar-refractivity contribution in [3.8, 4) is 0 Å². The molecule has 4 heteroatoms. The number of carbonyl (C=O) groups excluding carboxylic acids is 2. The molecule has 0 fully saturated rings. The van der Waals surface area contributed by atoms with E-state index in [0.717, 1.165) is 17.1 Å². The average molecular weight is 282 g/mol. The quantitative estimate of drug-likeness (QED) is 0.815. The number of Topliss-reactive ketones (excluding diaryl/α,β-unsaturated/α-hetero) is 1. The van der Waals surface area contributed by atoms with Crippen LogP contribution in [-0.2, 0) is 4.79 Å². The van der Waals surface area contributed by atoms with E-state index in [2.05, 4.69) is 10.6 Å². The third kappa shape index (κ3) is 4.18. The second-order valence-electron chi connectivity index (χ2n) is 4.74. The Morgan fingerprint density at radius 2 is 1.62 bits per heavy atom. The average Bonchev–Trinajstić information content (AvgIpc) is 2.49. The Bertz CT molecular complexity index is 648. The Morgan fingerprint density at radius 1 is 0.952 bits per heavy atom. The summed E-state index contributed by atoms with van der Waals surface area (Å²) in [5, 5.41) is 6.02. The van der Waals surface area contributed by atoms with Gasteiger partial charge >= 0.3 is 0 Å². The summed E-state index contributed by atoms with van der Waals surface area (Å²) in [6.07, 6.45) is 0.456. The van der Waals surface area contributed by atoms with E-state index < -0.39 is 0 Å². The summed E-state index contributed by atoms with van der Waals surface area (Å²) < 4.78 is 0. The van der Waals surface area contributed by atoms with Gasteiger partial charge in [0.1, 0.15) is 0 Å². The van der Waals surface area contributed by atoms with Crippen LogP contribution in [0.25, 0.3) is 0 Å². The molecule has 0 aromatic heterocycles. The first-order valence-electron chi connectivity index (χ1n) is 6.86. The van der Waals surface area contributed by atoms with Gasteiger partial charge in [0.25, 0.3) is 0 Å². The summed E-state index contributed by atoms with van der Waals surface area (Å²) in [6.45, 7) is 3.36. The molecule has 0 radical (unpaired) electrons. The summed E-state index contributed by atoms with van der Waals surface area (Å²) in [5.74, 6) is 0.0288. The lowest BCUT2D eigenvalue weighted by Crippen LogP contribution is -2.09. The molecule has 2 aromatic rings. The summed E-state index contributed by atoms with van der Waals surface area (Å²) in [6, 6.07) is 14.8. The van der Waals surface area contributed by atoms with Crippen molar-refractivity contribution in [1.82, 2.24) is 0 Å². The zero-order chi connectivity index (χ0) is 15.2. The summed E-state index contributed by atoms with van der Waals surface area (Å²) >= 11 is 0. The predicted octanol–water partition coefficient (Wildman–Crippen LogP) is 3.98. The highest BCUT2D eigenvalue weighted by Crippen LogP contribution is 2.20. The maximum Gasteiger partial charge on any atom is 0.224 e. The van der Waals surface area contributed by atoms with Crippen molar-refractivity contribution in [2.75, 3.05) is 10.6 Å². The topological polar surface area (TPSA) is 58.2 Å². The van der Waals surface area contributed by atoms with Gasteiger partial charge in [0.15, 0.2) is 5.78 Å². The number of hydrogen-bond acceptors (Lipinski definition) is 3. The van der Waals surface area contributed by atoms with Crippen LogP contribution in [0.4, 0.5) is 17.1 Å². The van der Waals surface area contributed by atoms with Gasteiger partial charge in [0, 0.05) is 29.0 Å². The molecular weight excluding hydrogens is 264 g/mol. The minimum absolute atomic E-state index is 0.00938. The first kappa shape index (κ1) is 14.8. The van der Waals surface area contributed by atoms with E-state index in [4.69, 9.17) is 0 Å². The predicted molar refractivity (Wildman–Crippen MR) is 85.1 cm³/mol. The van der Waals surface area contributed by atoms with Crippen molar-refractivity contribution in [3.63, 3.8) is 0 Å². The van der Waals surface area contributed by atoms with Crippen molar-refractivity contribution >= 4 is 28.8 Å². The maximum atomic E-state index is 11.4. The van der Waals surface area contributed by atoms with Crippen molar-refractivity contribution in [2.45, 2.75) is 20.3 Å². The smallest absolute Gasteiger partial charge is 0.224 e. The molecule has 0 aliphatic heterocycles. The number of nitrogens with one attached hydrogen (secondary N) is 2. The van der Waals surface area contributed by atoms with Crippen molar-refractivity contribution in [3.05, 3.63) is 54.1 Å². The van der Waals surface area contributed by atoms with Gasteiger partial charge < -0.3 is 10.6 Å². The Morgan fingerprint density at radius 3 is 2.24 bits per heavy atom. The molecule has 2 aromatic carbocycles. The van der Waals surface area contributed by atoms with Crippen LogP contribution in [0, 0.1) is 0 Å². The van der Waals surface area contributed by atoms with E-state index in [9.17, 15) is 9.59 Å². The summed E-state index contributed by atoms with van der Waals surface area (Å²) in [7, 11) is 0. The molecule has 21 heavy (non-hydrogen) atoms. The monoisotopic (exact) mass is 282 g/mol. The number of rotatable bonds is 5. The molecule has 0 bridgehead atoms. The Labute approximate surface area is 124 Å². The Kier molecular flexibility index (Phi) is 4.72. The number of hydrogen-bond donors (Lipinski definition) is 2. The van der Waals surface area contributed by atoms with Crippen molar-refractivity contribution in [1.29, 1.82) is 0 Å². The molecule has 0 heterocycles. The zero-order valence-electron chi connectivity index (χ0n) is 12.1. The molecule has 2 rings (SSSR count). The van der Waals surface area contributed by atoms with E-state index in [1.54, 1.807) is 13.0 Å². The van der Waals surface area contributed by atoms with E-state index >= 15 is 0 Å². The van der Waals surface area contributed by atoms with Gasteiger partial charge in [-0.05, 0) is 43.3 Å². The Hall–Kier alpha value is -2.62. The molecule has 0 unspecified atom stereocenters. The van der Waals surface area contributed by atoms with E-state index in [1.807, 2.05) is 49.4 Å². The van der Waals surface area contributed by atoms with Crippen LogP contribution < -0.4 is 10.6 Å².